The van der Waals surface area contributed by atoms with Crippen LogP contribution in [-0.4, -0.2) is 58.8 Å². The van der Waals surface area contributed by atoms with Crippen LogP contribution in [0.5, 0.6) is 0 Å². The van der Waals surface area contributed by atoms with Gasteiger partial charge in [-0.15, -0.1) is 0 Å². The summed E-state index contributed by atoms with van der Waals surface area (Å²) in [4.78, 5) is 11.6. The number of fused-ring (bicyclic) bond motifs is 1. The first kappa shape index (κ1) is 18.8. The minimum absolute atomic E-state index is 0.159. The molecule has 6 heteroatoms. The predicted octanol–water partition coefficient (Wildman–Crippen LogP) is 2.94. The molecule has 3 aliphatic rings. The largest absolute Gasteiger partial charge is 0.377 e. The summed E-state index contributed by atoms with van der Waals surface area (Å²) in [5, 5.41) is 3.87. The Labute approximate surface area is 163 Å². The SMILES string of the molecule is CCN=C(NC1C2CCCOC2C1(C)C)N1CCC(C)C(n2ccnc2)C1. The number of guanidine groups is 1. The van der Waals surface area contributed by atoms with Crippen LogP contribution < -0.4 is 5.32 Å². The van der Waals surface area contributed by atoms with Crippen molar-refractivity contribution in [2.75, 3.05) is 26.2 Å². The molecule has 4 rings (SSSR count). The molecule has 0 spiro atoms. The van der Waals surface area contributed by atoms with E-state index in [9.17, 15) is 0 Å². The highest BCUT2D eigenvalue weighted by Gasteiger charge is 2.58. The molecule has 1 aromatic heterocycles. The third-order valence-corrected chi connectivity index (χ3v) is 7.05. The van der Waals surface area contributed by atoms with Crippen LogP contribution in [0.15, 0.2) is 23.7 Å². The topological polar surface area (TPSA) is 54.7 Å². The van der Waals surface area contributed by atoms with Gasteiger partial charge in [0, 0.05) is 56.0 Å². The lowest BCUT2D eigenvalue weighted by atomic mass is 9.55. The standard InChI is InChI=1S/C21H35N5O/c1-5-23-20(24-18-16-7-6-12-27-19(16)21(18,3)4)25-10-8-15(2)17(13-25)26-11-9-22-14-26/h9,11,14-19H,5-8,10,12-13H2,1-4H3,(H,23,24). The summed E-state index contributed by atoms with van der Waals surface area (Å²) in [5.41, 5.74) is 0.159. The van der Waals surface area contributed by atoms with Crippen LogP contribution in [0.3, 0.4) is 0 Å². The molecule has 3 heterocycles. The fraction of sp³-hybridized carbons (Fsp3) is 0.810. The second-order valence-electron chi connectivity index (χ2n) is 9.13. The van der Waals surface area contributed by atoms with Gasteiger partial charge in [0.15, 0.2) is 5.96 Å². The molecule has 1 saturated carbocycles. The number of aliphatic imine (C=N–C) groups is 1. The summed E-state index contributed by atoms with van der Waals surface area (Å²) in [5.74, 6) is 2.34. The lowest BCUT2D eigenvalue weighted by molar-refractivity contribution is -0.188. The third kappa shape index (κ3) is 3.37. The first-order chi connectivity index (χ1) is 13.0. The van der Waals surface area contributed by atoms with Crippen molar-refractivity contribution in [3.05, 3.63) is 18.7 Å². The first-order valence-corrected chi connectivity index (χ1v) is 10.7. The smallest absolute Gasteiger partial charge is 0.194 e. The van der Waals surface area contributed by atoms with Gasteiger partial charge in [-0.2, -0.15) is 0 Å². The van der Waals surface area contributed by atoms with E-state index in [1.165, 1.54) is 19.3 Å². The van der Waals surface area contributed by atoms with Crippen LogP contribution in [0, 0.1) is 17.3 Å². The molecule has 2 saturated heterocycles. The lowest BCUT2D eigenvalue weighted by Gasteiger charge is -2.60. The summed E-state index contributed by atoms with van der Waals surface area (Å²) >= 11 is 0. The van der Waals surface area contributed by atoms with Crippen LogP contribution in [0.2, 0.25) is 0 Å². The molecule has 5 atom stereocenters. The molecule has 1 aromatic rings. The molecule has 0 amide bonds. The number of ether oxygens (including phenoxy) is 1. The third-order valence-electron chi connectivity index (χ3n) is 7.05. The number of hydrogen-bond acceptors (Lipinski definition) is 3. The molecule has 3 fully saturated rings. The van der Waals surface area contributed by atoms with Crippen molar-refractivity contribution in [3.8, 4) is 0 Å². The van der Waals surface area contributed by atoms with E-state index in [1.54, 1.807) is 0 Å². The van der Waals surface area contributed by atoms with Gasteiger partial charge in [0.1, 0.15) is 0 Å². The normalized spacial score (nSPS) is 36.1. The molecule has 6 nitrogen and oxygen atoms in total. The van der Waals surface area contributed by atoms with Crippen molar-refractivity contribution in [3.63, 3.8) is 0 Å². The second-order valence-corrected chi connectivity index (χ2v) is 9.13. The Hall–Kier alpha value is -1.56. The summed E-state index contributed by atoms with van der Waals surface area (Å²) < 4.78 is 8.35. The summed E-state index contributed by atoms with van der Waals surface area (Å²) in [7, 11) is 0. The van der Waals surface area contributed by atoms with Gasteiger partial charge in [-0.25, -0.2) is 4.98 Å². The minimum Gasteiger partial charge on any atom is -0.377 e. The number of likely N-dealkylation sites (tertiary alicyclic amines) is 1. The molecule has 0 bridgehead atoms. The molecule has 27 heavy (non-hydrogen) atoms. The van der Waals surface area contributed by atoms with E-state index in [0.29, 0.717) is 30.0 Å². The zero-order valence-electron chi connectivity index (χ0n) is 17.3. The summed E-state index contributed by atoms with van der Waals surface area (Å²) in [6.07, 6.45) is 9.94. The van der Waals surface area contributed by atoms with E-state index in [1.807, 2.05) is 12.5 Å². The molecule has 5 unspecified atom stereocenters. The van der Waals surface area contributed by atoms with Crippen LogP contribution in [0.4, 0.5) is 0 Å². The molecule has 0 radical (unpaired) electrons. The maximum atomic E-state index is 6.09. The van der Waals surface area contributed by atoms with Crippen molar-refractivity contribution in [2.24, 2.45) is 22.2 Å². The second kappa shape index (κ2) is 7.46. The van der Waals surface area contributed by atoms with E-state index in [4.69, 9.17) is 9.73 Å². The highest BCUT2D eigenvalue weighted by molar-refractivity contribution is 5.80. The van der Waals surface area contributed by atoms with Crippen molar-refractivity contribution in [1.82, 2.24) is 19.8 Å². The Morgan fingerprint density at radius 3 is 2.96 bits per heavy atom. The van der Waals surface area contributed by atoms with Gasteiger partial charge < -0.3 is 19.5 Å². The van der Waals surface area contributed by atoms with Crippen molar-refractivity contribution >= 4 is 5.96 Å². The molecule has 0 aromatic carbocycles. The van der Waals surface area contributed by atoms with Gasteiger partial charge in [0.05, 0.1) is 18.5 Å². The monoisotopic (exact) mass is 373 g/mol. The fourth-order valence-corrected chi connectivity index (χ4v) is 5.44. The van der Waals surface area contributed by atoms with Crippen LogP contribution >= 0.6 is 0 Å². The van der Waals surface area contributed by atoms with Crippen molar-refractivity contribution in [1.29, 1.82) is 0 Å². The van der Waals surface area contributed by atoms with Gasteiger partial charge >= 0.3 is 0 Å². The quantitative estimate of drug-likeness (QED) is 0.654. The van der Waals surface area contributed by atoms with E-state index in [-0.39, 0.29) is 5.41 Å². The number of imidazole rings is 1. The number of aromatic nitrogens is 2. The van der Waals surface area contributed by atoms with E-state index in [2.05, 4.69) is 53.7 Å². The highest BCUT2D eigenvalue weighted by atomic mass is 16.5. The minimum atomic E-state index is 0.159. The Bertz CT molecular complexity index is 656. The van der Waals surface area contributed by atoms with Gasteiger partial charge in [-0.1, -0.05) is 20.8 Å². The van der Waals surface area contributed by atoms with Gasteiger partial charge in [0.25, 0.3) is 0 Å². The number of hydrogen-bond donors (Lipinski definition) is 1. The number of rotatable bonds is 3. The first-order valence-electron chi connectivity index (χ1n) is 10.7. The molecular formula is C21H35N5O. The zero-order valence-corrected chi connectivity index (χ0v) is 17.3. The van der Waals surface area contributed by atoms with Crippen LogP contribution in [0.1, 0.15) is 53.0 Å². The molecule has 1 aliphatic carbocycles. The number of nitrogens with zero attached hydrogens (tertiary/aromatic N) is 4. The Morgan fingerprint density at radius 1 is 1.37 bits per heavy atom. The highest BCUT2D eigenvalue weighted by Crippen LogP contribution is 2.51. The zero-order chi connectivity index (χ0) is 19.0. The molecular weight excluding hydrogens is 338 g/mol. The number of nitrogens with one attached hydrogen (secondary N) is 1. The van der Waals surface area contributed by atoms with Gasteiger partial charge in [-0.05, 0) is 32.1 Å². The Kier molecular flexibility index (Phi) is 5.19. The molecule has 1 N–H and O–H groups in total. The predicted molar refractivity (Wildman–Crippen MR) is 108 cm³/mol. The van der Waals surface area contributed by atoms with E-state index >= 15 is 0 Å². The maximum absolute atomic E-state index is 6.09. The van der Waals surface area contributed by atoms with Crippen LogP contribution in [-0.2, 0) is 4.74 Å². The summed E-state index contributed by atoms with van der Waals surface area (Å²) in [6, 6.07) is 0.893. The van der Waals surface area contributed by atoms with Crippen LogP contribution in [0.25, 0.3) is 0 Å². The van der Waals surface area contributed by atoms with Crippen molar-refractivity contribution < 1.29 is 4.74 Å². The lowest BCUT2D eigenvalue weighted by Crippen LogP contribution is -2.71. The molecule has 150 valence electrons. The average molecular weight is 374 g/mol. The van der Waals surface area contributed by atoms with E-state index in [0.717, 1.165) is 32.2 Å². The number of piperidine rings is 1. The van der Waals surface area contributed by atoms with Gasteiger partial charge in [-0.3, -0.25) is 4.99 Å². The Morgan fingerprint density at radius 2 is 2.22 bits per heavy atom. The van der Waals surface area contributed by atoms with E-state index < -0.39 is 0 Å². The average Bonchev–Trinajstić information content (AvgIpc) is 3.20. The van der Waals surface area contributed by atoms with Crippen molar-refractivity contribution in [2.45, 2.75) is 65.1 Å². The maximum Gasteiger partial charge on any atom is 0.194 e. The fourth-order valence-electron chi connectivity index (χ4n) is 5.44. The Balaban J connectivity index is 1.49. The van der Waals surface area contributed by atoms with Gasteiger partial charge in [0.2, 0.25) is 0 Å². The summed E-state index contributed by atoms with van der Waals surface area (Å²) in [6.45, 7) is 12.9. The molecule has 2 aliphatic heterocycles.